The van der Waals surface area contributed by atoms with Crippen molar-refractivity contribution in [2.24, 2.45) is 11.7 Å². The van der Waals surface area contributed by atoms with E-state index in [0.29, 0.717) is 12.0 Å². The van der Waals surface area contributed by atoms with E-state index < -0.39 is 0 Å². The van der Waals surface area contributed by atoms with E-state index in [-0.39, 0.29) is 12.4 Å². The van der Waals surface area contributed by atoms with Crippen LogP contribution < -0.4 is 5.73 Å². The number of rotatable bonds is 3. The van der Waals surface area contributed by atoms with Gasteiger partial charge in [0, 0.05) is 34.1 Å². The van der Waals surface area contributed by atoms with Crippen LogP contribution in [0.15, 0.2) is 24.3 Å². The normalized spacial score (nSPS) is 23.1. The SMILES string of the molecule is CC1CC(CN)CN1Cc1sc2ccccc2c1Cl.Cl. The molecular weight excluding hydrogens is 311 g/mol. The van der Waals surface area contributed by atoms with E-state index in [2.05, 4.69) is 30.0 Å². The van der Waals surface area contributed by atoms with E-state index in [9.17, 15) is 0 Å². The number of thiophene rings is 1. The summed E-state index contributed by atoms with van der Waals surface area (Å²) in [6.45, 7) is 5.13. The highest BCUT2D eigenvalue weighted by Crippen LogP contribution is 2.37. The summed E-state index contributed by atoms with van der Waals surface area (Å²) in [5.74, 6) is 0.642. The fourth-order valence-corrected chi connectivity index (χ4v) is 4.48. The Morgan fingerprint density at radius 3 is 2.80 bits per heavy atom. The molecule has 1 aliphatic heterocycles. The summed E-state index contributed by atoms with van der Waals surface area (Å²) in [6.07, 6.45) is 1.21. The van der Waals surface area contributed by atoms with E-state index in [1.807, 2.05) is 17.4 Å². The van der Waals surface area contributed by atoms with Gasteiger partial charge < -0.3 is 5.73 Å². The topological polar surface area (TPSA) is 29.3 Å². The lowest BCUT2D eigenvalue weighted by atomic mass is 10.1. The Balaban J connectivity index is 0.00000147. The van der Waals surface area contributed by atoms with Crippen LogP contribution in [-0.2, 0) is 6.54 Å². The first-order chi connectivity index (χ1) is 9.19. The molecule has 3 rings (SSSR count). The van der Waals surface area contributed by atoms with Gasteiger partial charge in [-0.15, -0.1) is 23.7 Å². The minimum absolute atomic E-state index is 0. The molecule has 0 radical (unpaired) electrons. The largest absolute Gasteiger partial charge is 0.330 e. The molecule has 0 saturated carbocycles. The quantitative estimate of drug-likeness (QED) is 0.916. The van der Waals surface area contributed by atoms with Crippen molar-refractivity contribution in [3.8, 4) is 0 Å². The first-order valence-electron chi connectivity index (χ1n) is 6.79. The maximum Gasteiger partial charge on any atom is 0.0637 e. The molecule has 1 aromatic carbocycles. The molecule has 1 fully saturated rings. The zero-order valence-corrected chi connectivity index (χ0v) is 13.9. The standard InChI is InChI=1S/C15H19ClN2S.ClH/c1-10-6-11(7-17)8-18(10)9-14-15(16)12-4-2-3-5-13(12)19-14;/h2-5,10-11H,6-9,17H2,1H3;1H. The Labute approximate surface area is 135 Å². The number of halogens is 2. The van der Waals surface area contributed by atoms with Crippen LogP contribution in [0.25, 0.3) is 10.1 Å². The van der Waals surface area contributed by atoms with E-state index in [4.69, 9.17) is 17.3 Å². The summed E-state index contributed by atoms with van der Waals surface area (Å²) in [6, 6.07) is 8.98. The monoisotopic (exact) mass is 330 g/mol. The van der Waals surface area contributed by atoms with Gasteiger partial charge in [-0.05, 0) is 31.9 Å². The molecule has 2 unspecified atom stereocenters. The summed E-state index contributed by atoms with van der Waals surface area (Å²) >= 11 is 8.33. The van der Waals surface area contributed by atoms with Gasteiger partial charge in [-0.1, -0.05) is 29.8 Å². The average molecular weight is 331 g/mol. The smallest absolute Gasteiger partial charge is 0.0637 e. The summed E-state index contributed by atoms with van der Waals surface area (Å²) in [5, 5.41) is 2.12. The number of fused-ring (bicyclic) bond motifs is 1. The third-order valence-electron chi connectivity index (χ3n) is 4.07. The second-order valence-corrected chi connectivity index (χ2v) is 6.97. The van der Waals surface area contributed by atoms with Crippen molar-refractivity contribution in [2.75, 3.05) is 13.1 Å². The predicted octanol–water partition coefficient (Wildman–Crippen LogP) is 4.15. The third-order valence-corrected chi connectivity index (χ3v) is 5.77. The van der Waals surface area contributed by atoms with Crippen molar-refractivity contribution in [3.05, 3.63) is 34.2 Å². The Kier molecular flexibility index (Phi) is 5.32. The highest BCUT2D eigenvalue weighted by molar-refractivity contribution is 7.19. The number of nitrogens with two attached hydrogens (primary N) is 1. The molecule has 1 aliphatic rings. The molecule has 1 saturated heterocycles. The summed E-state index contributed by atoms with van der Waals surface area (Å²) in [7, 11) is 0. The molecular formula is C15H20Cl2N2S. The Morgan fingerprint density at radius 2 is 2.15 bits per heavy atom. The Bertz CT molecular complexity index is 584. The molecule has 2 nitrogen and oxygen atoms in total. The fraction of sp³-hybridized carbons (Fsp3) is 0.467. The van der Waals surface area contributed by atoms with Crippen LogP contribution in [0.3, 0.4) is 0 Å². The summed E-state index contributed by atoms with van der Waals surface area (Å²) in [5.41, 5.74) is 5.79. The number of hydrogen-bond acceptors (Lipinski definition) is 3. The van der Waals surface area contributed by atoms with Gasteiger partial charge in [0.15, 0.2) is 0 Å². The van der Waals surface area contributed by atoms with Crippen LogP contribution in [0.5, 0.6) is 0 Å². The lowest BCUT2D eigenvalue weighted by Crippen LogP contribution is -2.27. The summed E-state index contributed by atoms with van der Waals surface area (Å²) < 4.78 is 1.28. The van der Waals surface area contributed by atoms with Gasteiger partial charge in [0.1, 0.15) is 0 Å². The first-order valence-corrected chi connectivity index (χ1v) is 7.98. The number of benzene rings is 1. The van der Waals surface area contributed by atoms with Crippen molar-refractivity contribution in [2.45, 2.75) is 25.9 Å². The number of hydrogen-bond donors (Lipinski definition) is 1. The maximum absolute atomic E-state index is 6.51. The molecule has 0 aliphatic carbocycles. The maximum atomic E-state index is 6.51. The minimum Gasteiger partial charge on any atom is -0.330 e. The average Bonchev–Trinajstić information content (AvgIpc) is 2.93. The summed E-state index contributed by atoms with van der Waals surface area (Å²) in [4.78, 5) is 3.79. The highest BCUT2D eigenvalue weighted by Gasteiger charge is 2.28. The fourth-order valence-electron chi connectivity index (χ4n) is 2.96. The van der Waals surface area contributed by atoms with Crippen LogP contribution in [0.1, 0.15) is 18.2 Å². The molecule has 1 aromatic heterocycles. The Hall–Kier alpha value is -0.320. The minimum atomic E-state index is 0. The van der Waals surface area contributed by atoms with Gasteiger partial charge in [0.05, 0.1) is 5.02 Å². The van der Waals surface area contributed by atoms with Gasteiger partial charge in [0.2, 0.25) is 0 Å². The van der Waals surface area contributed by atoms with E-state index in [1.54, 1.807) is 0 Å². The van der Waals surface area contributed by atoms with Crippen molar-refractivity contribution in [1.29, 1.82) is 0 Å². The second kappa shape index (κ2) is 6.63. The second-order valence-electron chi connectivity index (χ2n) is 5.45. The van der Waals surface area contributed by atoms with Crippen LogP contribution >= 0.6 is 35.3 Å². The molecule has 2 N–H and O–H groups in total. The molecule has 110 valence electrons. The van der Waals surface area contributed by atoms with Gasteiger partial charge in [-0.25, -0.2) is 0 Å². The van der Waals surface area contributed by atoms with E-state index >= 15 is 0 Å². The van der Waals surface area contributed by atoms with Crippen LogP contribution in [0.2, 0.25) is 5.02 Å². The van der Waals surface area contributed by atoms with E-state index in [1.165, 1.54) is 21.4 Å². The molecule has 0 amide bonds. The van der Waals surface area contributed by atoms with Gasteiger partial charge >= 0.3 is 0 Å². The van der Waals surface area contributed by atoms with Gasteiger partial charge in [-0.2, -0.15) is 0 Å². The Morgan fingerprint density at radius 1 is 1.40 bits per heavy atom. The molecule has 2 atom stereocenters. The van der Waals surface area contributed by atoms with Crippen LogP contribution in [0.4, 0.5) is 0 Å². The van der Waals surface area contributed by atoms with Gasteiger partial charge in [0.25, 0.3) is 0 Å². The highest BCUT2D eigenvalue weighted by atomic mass is 35.5. The number of likely N-dealkylation sites (tertiary alicyclic amines) is 1. The predicted molar refractivity (Wildman–Crippen MR) is 91.1 cm³/mol. The lowest BCUT2D eigenvalue weighted by Gasteiger charge is -2.20. The van der Waals surface area contributed by atoms with Gasteiger partial charge in [-0.3, -0.25) is 4.90 Å². The third kappa shape index (κ3) is 2.97. The van der Waals surface area contributed by atoms with Crippen molar-refractivity contribution in [1.82, 2.24) is 4.90 Å². The molecule has 2 aromatic rings. The molecule has 0 bridgehead atoms. The molecule has 20 heavy (non-hydrogen) atoms. The van der Waals surface area contributed by atoms with Crippen LogP contribution in [-0.4, -0.2) is 24.0 Å². The van der Waals surface area contributed by atoms with Crippen LogP contribution in [0, 0.1) is 5.92 Å². The van der Waals surface area contributed by atoms with Crippen molar-refractivity contribution in [3.63, 3.8) is 0 Å². The molecule has 0 spiro atoms. The molecule has 2 heterocycles. The number of nitrogens with zero attached hydrogens (tertiary/aromatic N) is 1. The first kappa shape index (κ1) is 16.1. The zero-order chi connectivity index (χ0) is 13.4. The van der Waals surface area contributed by atoms with Crippen molar-refractivity contribution < 1.29 is 0 Å². The van der Waals surface area contributed by atoms with Crippen molar-refractivity contribution >= 4 is 45.4 Å². The molecule has 5 heteroatoms. The lowest BCUT2D eigenvalue weighted by molar-refractivity contribution is 0.258. The zero-order valence-electron chi connectivity index (χ0n) is 11.5. The van der Waals surface area contributed by atoms with E-state index in [0.717, 1.165) is 24.7 Å².